The molecule has 0 aliphatic rings. The number of para-hydroxylation sites is 1. The van der Waals surface area contributed by atoms with Crippen molar-refractivity contribution < 1.29 is 4.79 Å². The first-order valence-electron chi connectivity index (χ1n) is 8.36. The summed E-state index contributed by atoms with van der Waals surface area (Å²) in [6.45, 7) is 3.67. The molecule has 6 nitrogen and oxygen atoms in total. The summed E-state index contributed by atoms with van der Waals surface area (Å²) >= 11 is 7.31. The standard InChI is InChI=1S/C19H16ClN5OS/c1-11(18(26)22-14-7-5-6-13(20)10-14)27-19-23-16-9-4-3-8-15(16)17-21-12(2)24-25(17)19/h3-11H,1-2H3,(H,22,26). The first-order valence-corrected chi connectivity index (χ1v) is 9.62. The van der Waals surface area contributed by atoms with E-state index in [-0.39, 0.29) is 11.2 Å². The number of amides is 1. The Morgan fingerprint density at radius 2 is 2.00 bits per heavy atom. The molecule has 2 heterocycles. The number of aromatic nitrogens is 4. The van der Waals surface area contributed by atoms with E-state index >= 15 is 0 Å². The largest absolute Gasteiger partial charge is 0.325 e. The fraction of sp³-hybridized carbons (Fsp3) is 0.158. The first-order chi connectivity index (χ1) is 13.0. The van der Waals surface area contributed by atoms with Crippen LogP contribution in [-0.2, 0) is 4.79 Å². The lowest BCUT2D eigenvalue weighted by Crippen LogP contribution is -2.23. The quantitative estimate of drug-likeness (QED) is 0.409. The van der Waals surface area contributed by atoms with Gasteiger partial charge >= 0.3 is 0 Å². The van der Waals surface area contributed by atoms with Gasteiger partial charge in [0.05, 0.1) is 10.8 Å². The zero-order valence-corrected chi connectivity index (χ0v) is 16.3. The van der Waals surface area contributed by atoms with E-state index in [9.17, 15) is 4.79 Å². The Morgan fingerprint density at radius 3 is 2.81 bits per heavy atom. The van der Waals surface area contributed by atoms with Gasteiger partial charge in [-0.1, -0.05) is 41.6 Å². The topological polar surface area (TPSA) is 72.2 Å². The number of thioether (sulfide) groups is 1. The van der Waals surface area contributed by atoms with Crippen molar-refractivity contribution >= 4 is 51.5 Å². The number of rotatable bonds is 4. The van der Waals surface area contributed by atoms with E-state index in [0.717, 1.165) is 16.6 Å². The predicted octanol–water partition coefficient (Wildman–Crippen LogP) is 4.36. The van der Waals surface area contributed by atoms with Crippen molar-refractivity contribution in [3.63, 3.8) is 0 Å². The highest BCUT2D eigenvalue weighted by Crippen LogP contribution is 2.27. The number of carbonyl (C=O) groups excluding carboxylic acids is 1. The van der Waals surface area contributed by atoms with Crippen LogP contribution in [0.15, 0.2) is 53.7 Å². The van der Waals surface area contributed by atoms with E-state index in [1.165, 1.54) is 11.8 Å². The molecule has 4 rings (SSSR count). The smallest absolute Gasteiger partial charge is 0.237 e. The number of anilines is 1. The van der Waals surface area contributed by atoms with Crippen LogP contribution in [0.1, 0.15) is 12.7 Å². The van der Waals surface area contributed by atoms with Crippen molar-refractivity contribution in [1.82, 2.24) is 19.6 Å². The minimum Gasteiger partial charge on any atom is -0.325 e. The minimum atomic E-state index is -0.384. The lowest BCUT2D eigenvalue weighted by Gasteiger charge is -2.13. The maximum Gasteiger partial charge on any atom is 0.237 e. The lowest BCUT2D eigenvalue weighted by atomic mass is 10.2. The summed E-state index contributed by atoms with van der Waals surface area (Å²) in [5, 5.41) is 9.06. The molecule has 27 heavy (non-hydrogen) atoms. The normalized spacial score (nSPS) is 12.4. The zero-order valence-electron chi connectivity index (χ0n) is 14.7. The molecule has 0 aliphatic carbocycles. The van der Waals surface area contributed by atoms with Crippen molar-refractivity contribution in [3.05, 3.63) is 59.4 Å². The third-order valence-corrected chi connectivity index (χ3v) is 5.28. The Morgan fingerprint density at radius 1 is 1.19 bits per heavy atom. The van der Waals surface area contributed by atoms with Crippen LogP contribution in [-0.4, -0.2) is 30.7 Å². The van der Waals surface area contributed by atoms with Crippen LogP contribution in [0.5, 0.6) is 0 Å². The molecule has 2 aromatic carbocycles. The maximum atomic E-state index is 12.6. The van der Waals surface area contributed by atoms with Crippen molar-refractivity contribution in [2.45, 2.75) is 24.3 Å². The van der Waals surface area contributed by atoms with E-state index in [4.69, 9.17) is 11.6 Å². The Labute approximate surface area is 165 Å². The molecule has 0 spiro atoms. The molecule has 1 atom stereocenters. The van der Waals surface area contributed by atoms with Crippen molar-refractivity contribution in [2.24, 2.45) is 0 Å². The van der Waals surface area contributed by atoms with Gasteiger partial charge in [-0.2, -0.15) is 4.52 Å². The predicted molar refractivity (Wildman–Crippen MR) is 108 cm³/mol. The number of hydrogen-bond donors (Lipinski definition) is 1. The number of fused-ring (bicyclic) bond motifs is 3. The Balaban J connectivity index is 1.64. The number of nitrogens with zero attached hydrogens (tertiary/aromatic N) is 4. The second-order valence-corrected chi connectivity index (χ2v) is 7.81. The van der Waals surface area contributed by atoms with Crippen molar-refractivity contribution in [3.8, 4) is 0 Å². The molecule has 1 unspecified atom stereocenters. The third-order valence-electron chi connectivity index (χ3n) is 4.00. The van der Waals surface area contributed by atoms with Gasteiger partial charge < -0.3 is 5.32 Å². The van der Waals surface area contributed by atoms with Gasteiger partial charge in [-0.25, -0.2) is 9.97 Å². The van der Waals surface area contributed by atoms with E-state index in [0.29, 0.717) is 21.7 Å². The molecule has 0 radical (unpaired) electrons. The molecule has 0 fully saturated rings. The average molecular weight is 398 g/mol. The number of hydrogen-bond acceptors (Lipinski definition) is 5. The highest BCUT2D eigenvalue weighted by Gasteiger charge is 2.19. The molecule has 0 aliphatic heterocycles. The van der Waals surface area contributed by atoms with Gasteiger partial charge in [-0.3, -0.25) is 4.79 Å². The molecule has 0 saturated carbocycles. The van der Waals surface area contributed by atoms with E-state index in [2.05, 4.69) is 20.4 Å². The lowest BCUT2D eigenvalue weighted by molar-refractivity contribution is -0.115. The van der Waals surface area contributed by atoms with Gasteiger partial charge in [0, 0.05) is 16.1 Å². The van der Waals surface area contributed by atoms with Crippen LogP contribution in [0, 0.1) is 6.92 Å². The van der Waals surface area contributed by atoms with Crippen LogP contribution >= 0.6 is 23.4 Å². The monoisotopic (exact) mass is 397 g/mol. The highest BCUT2D eigenvalue weighted by atomic mass is 35.5. The summed E-state index contributed by atoms with van der Waals surface area (Å²) in [6, 6.07) is 14.8. The first kappa shape index (κ1) is 17.8. The maximum absolute atomic E-state index is 12.6. The van der Waals surface area contributed by atoms with E-state index in [1.807, 2.05) is 38.1 Å². The summed E-state index contributed by atoms with van der Waals surface area (Å²) in [6.07, 6.45) is 0. The van der Waals surface area contributed by atoms with E-state index in [1.54, 1.807) is 28.8 Å². The minimum absolute atomic E-state index is 0.137. The number of nitrogens with one attached hydrogen (secondary N) is 1. The van der Waals surface area contributed by atoms with Gasteiger partial charge in [-0.05, 0) is 44.2 Å². The molecule has 8 heteroatoms. The van der Waals surface area contributed by atoms with Crippen LogP contribution in [0.3, 0.4) is 0 Å². The molecule has 4 aromatic rings. The molecule has 136 valence electrons. The Kier molecular flexibility index (Phi) is 4.72. The summed E-state index contributed by atoms with van der Waals surface area (Å²) in [4.78, 5) is 21.8. The zero-order chi connectivity index (χ0) is 19.0. The molecule has 2 aromatic heterocycles. The fourth-order valence-electron chi connectivity index (χ4n) is 2.73. The Bertz CT molecular complexity index is 1160. The van der Waals surface area contributed by atoms with Gasteiger partial charge in [0.1, 0.15) is 5.82 Å². The van der Waals surface area contributed by atoms with Crippen LogP contribution < -0.4 is 5.32 Å². The van der Waals surface area contributed by atoms with Gasteiger partial charge in [0.2, 0.25) is 5.91 Å². The second kappa shape index (κ2) is 7.17. The van der Waals surface area contributed by atoms with Crippen LogP contribution in [0.2, 0.25) is 5.02 Å². The summed E-state index contributed by atoms with van der Waals surface area (Å²) < 4.78 is 1.70. The van der Waals surface area contributed by atoms with Crippen molar-refractivity contribution in [2.75, 3.05) is 5.32 Å². The third kappa shape index (κ3) is 3.61. The summed E-state index contributed by atoms with van der Waals surface area (Å²) in [7, 11) is 0. The average Bonchev–Trinajstić information content (AvgIpc) is 3.04. The van der Waals surface area contributed by atoms with Gasteiger partial charge in [0.25, 0.3) is 0 Å². The molecule has 0 bridgehead atoms. The van der Waals surface area contributed by atoms with E-state index < -0.39 is 0 Å². The molecular formula is C19H16ClN5OS. The number of aryl methyl sites for hydroxylation is 1. The Hall–Kier alpha value is -2.64. The number of halogens is 1. The van der Waals surface area contributed by atoms with Crippen LogP contribution in [0.4, 0.5) is 5.69 Å². The molecule has 0 saturated heterocycles. The van der Waals surface area contributed by atoms with Gasteiger partial charge in [-0.15, -0.1) is 5.10 Å². The number of benzene rings is 2. The summed E-state index contributed by atoms with van der Waals surface area (Å²) in [5.41, 5.74) is 2.22. The van der Waals surface area contributed by atoms with Gasteiger partial charge in [0.15, 0.2) is 10.8 Å². The van der Waals surface area contributed by atoms with Crippen LogP contribution in [0.25, 0.3) is 16.6 Å². The number of carbonyl (C=O) groups is 1. The SMILES string of the molecule is Cc1nc2c3ccccc3nc(SC(C)C(=O)Nc3cccc(Cl)c3)n2n1. The highest BCUT2D eigenvalue weighted by molar-refractivity contribution is 8.00. The molecule has 1 N–H and O–H groups in total. The molecule has 1 amide bonds. The second-order valence-electron chi connectivity index (χ2n) is 6.07. The fourth-order valence-corrected chi connectivity index (χ4v) is 3.78. The van der Waals surface area contributed by atoms with Crippen molar-refractivity contribution in [1.29, 1.82) is 0 Å². The summed E-state index contributed by atoms with van der Waals surface area (Å²) in [5.74, 6) is 0.522. The molecular weight excluding hydrogens is 382 g/mol.